The maximum atomic E-state index is 14.2. The molecule has 1 aliphatic rings. The van der Waals surface area contributed by atoms with E-state index in [2.05, 4.69) is 10.6 Å². The van der Waals surface area contributed by atoms with Crippen LogP contribution in [0.5, 0.6) is 0 Å². The number of rotatable bonds is 6. The first-order valence-corrected chi connectivity index (χ1v) is 8.11. The standard InChI is InChI=1S/C17H26FN3O2/c1-17(2,7-10-22)12-19-16(23)20-13-5-6-15(14(18)11-13)21-8-3-4-9-21/h5-6,11,22H,3-4,7-10,12H2,1-2H3,(H2,19,20,23). The smallest absolute Gasteiger partial charge is 0.319 e. The normalized spacial score (nSPS) is 14.9. The first-order valence-electron chi connectivity index (χ1n) is 8.11. The average molecular weight is 323 g/mol. The monoisotopic (exact) mass is 323 g/mol. The number of benzene rings is 1. The van der Waals surface area contributed by atoms with Gasteiger partial charge in [0.15, 0.2) is 0 Å². The van der Waals surface area contributed by atoms with E-state index in [1.54, 1.807) is 12.1 Å². The molecule has 128 valence electrons. The van der Waals surface area contributed by atoms with Crippen LogP contribution >= 0.6 is 0 Å². The van der Waals surface area contributed by atoms with E-state index < -0.39 is 0 Å². The van der Waals surface area contributed by atoms with Crippen LogP contribution < -0.4 is 15.5 Å². The first-order chi connectivity index (χ1) is 10.9. The van der Waals surface area contributed by atoms with Crippen LogP contribution in [0, 0.1) is 11.2 Å². The Hall–Kier alpha value is -1.82. The first kappa shape index (κ1) is 17.5. The van der Waals surface area contributed by atoms with Gasteiger partial charge in [-0.15, -0.1) is 0 Å². The molecule has 2 rings (SSSR count). The maximum absolute atomic E-state index is 14.2. The molecule has 2 amide bonds. The zero-order valence-electron chi connectivity index (χ0n) is 13.9. The molecule has 5 nitrogen and oxygen atoms in total. The van der Waals surface area contributed by atoms with Gasteiger partial charge in [-0.1, -0.05) is 13.8 Å². The van der Waals surface area contributed by atoms with Gasteiger partial charge in [0.05, 0.1) is 5.69 Å². The van der Waals surface area contributed by atoms with Gasteiger partial charge in [-0.3, -0.25) is 0 Å². The fraction of sp³-hybridized carbons (Fsp3) is 0.588. The third kappa shape index (κ3) is 5.10. The lowest BCUT2D eigenvalue weighted by Crippen LogP contribution is -2.37. The highest BCUT2D eigenvalue weighted by Crippen LogP contribution is 2.26. The molecule has 1 aromatic rings. The van der Waals surface area contributed by atoms with Crippen LogP contribution in [-0.2, 0) is 0 Å². The number of carbonyl (C=O) groups excluding carboxylic acids is 1. The third-order valence-corrected chi connectivity index (χ3v) is 4.17. The van der Waals surface area contributed by atoms with Gasteiger partial charge < -0.3 is 20.6 Å². The summed E-state index contributed by atoms with van der Waals surface area (Å²) in [6.45, 7) is 6.21. The molecule has 1 aromatic carbocycles. The van der Waals surface area contributed by atoms with Crippen LogP contribution in [0.15, 0.2) is 18.2 Å². The number of hydrogen-bond acceptors (Lipinski definition) is 3. The molecule has 1 aliphatic heterocycles. The Morgan fingerprint density at radius 3 is 2.65 bits per heavy atom. The fourth-order valence-electron chi connectivity index (χ4n) is 2.69. The zero-order valence-corrected chi connectivity index (χ0v) is 13.9. The van der Waals surface area contributed by atoms with Gasteiger partial charge in [-0.05, 0) is 42.9 Å². The highest BCUT2D eigenvalue weighted by atomic mass is 19.1. The molecule has 0 aromatic heterocycles. The summed E-state index contributed by atoms with van der Waals surface area (Å²) in [6.07, 6.45) is 2.78. The van der Waals surface area contributed by atoms with Crippen molar-refractivity contribution >= 4 is 17.4 Å². The molecular formula is C17H26FN3O2. The molecule has 0 bridgehead atoms. The summed E-state index contributed by atoms with van der Waals surface area (Å²) in [7, 11) is 0. The average Bonchev–Trinajstić information content (AvgIpc) is 2.99. The van der Waals surface area contributed by atoms with E-state index in [4.69, 9.17) is 5.11 Å². The van der Waals surface area contributed by atoms with Crippen molar-refractivity contribution in [1.82, 2.24) is 5.32 Å². The summed E-state index contributed by atoms with van der Waals surface area (Å²) in [6, 6.07) is 4.41. The number of hydrogen-bond donors (Lipinski definition) is 3. The molecule has 0 aliphatic carbocycles. The Kier molecular flexibility index (Phi) is 5.82. The highest BCUT2D eigenvalue weighted by Gasteiger charge is 2.19. The van der Waals surface area contributed by atoms with E-state index in [-0.39, 0.29) is 23.9 Å². The minimum absolute atomic E-state index is 0.0828. The van der Waals surface area contributed by atoms with Gasteiger partial charge in [0.2, 0.25) is 0 Å². The van der Waals surface area contributed by atoms with Crippen molar-refractivity contribution < 1.29 is 14.3 Å². The predicted molar refractivity (Wildman–Crippen MR) is 90.4 cm³/mol. The van der Waals surface area contributed by atoms with E-state index in [1.165, 1.54) is 6.07 Å². The molecule has 0 spiro atoms. The topological polar surface area (TPSA) is 64.6 Å². The zero-order chi connectivity index (χ0) is 16.9. The van der Waals surface area contributed by atoms with Crippen LogP contribution in [0.1, 0.15) is 33.1 Å². The molecule has 0 saturated carbocycles. The van der Waals surface area contributed by atoms with Gasteiger partial charge in [0.1, 0.15) is 5.82 Å². The molecule has 1 saturated heterocycles. The summed E-state index contributed by atoms with van der Waals surface area (Å²) in [5.41, 5.74) is 0.845. The number of urea groups is 1. The molecule has 1 fully saturated rings. The van der Waals surface area contributed by atoms with E-state index in [0.717, 1.165) is 25.9 Å². The third-order valence-electron chi connectivity index (χ3n) is 4.17. The summed E-state index contributed by atoms with van der Waals surface area (Å²) in [5.74, 6) is -0.315. The van der Waals surface area contributed by atoms with Crippen LogP contribution in [-0.4, -0.2) is 37.4 Å². The Labute approximate surface area is 136 Å². The lowest BCUT2D eigenvalue weighted by molar-refractivity contribution is 0.204. The summed E-state index contributed by atoms with van der Waals surface area (Å²) in [5, 5.41) is 14.4. The van der Waals surface area contributed by atoms with Crippen molar-refractivity contribution in [1.29, 1.82) is 0 Å². The minimum Gasteiger partial charge on any atom is -0.396 e. The Balaban J connectivity index is 1.90. The molecule has 0 radical (unpaired) electrons. The summed E-state index contributed by atoms with van der Waals surface area (Å²) < 4.78 is 14.2. The Morgan fingerprint density at radius 1 is 1.35 bits per heavy atom. The van der Waals surface area contributed by atoms with E-state index in [0.29, 0.717) is 24.3 Å². The molecular weight excluding hydrogens is 297 g/mol. The number of aliphatic hydroxyl groups is 1. The van der Waals surface area contributed by atoms with Crippen molar-refractivity contribution in [3.63, 3.8) is 0 Å². The molecule has 23 heavy (non-hydrogen) atoms. The number of carbonyl (C=O) groups is 1. The van der Waals surface area contributed by atoms with Crippen LogP contribution in [0.4, 0.5) is 20.6 Å². The maximum Gasteiger partial charge on any atom is 0.319 e. The molecule has 6 heteroatoms. The second kappa shape index (κ2) is 7.64. The summed E-state index contributed by atoms with van der Waals surface area (Å²) >= 11 is 0. The summed E-state index contributed by atoms with van der Waals surface area (Å²) in [4.78, 5) is 13.9. The number of anilines is 2. The number of aliphatic hydroxyl groups excluding tert-OH is 1. The number of halogens is 1. The van der Waals surface area contributed by atoms with Crippen molar-refractivity contribution in [2.45, 2.75) is 33.1 Å². The fourth-order valence-corrected chi connectivity index (χ4v) is 2.69. The Morgan fingerprint density at radius 2 is 2.04 bits per heavy atom. The quantitative estimate of drug-likeness (QED) is 0.754. The van der Waals surface area contributed by atoms with Crippen molar-refractivity contribution in [3.8, 4) is 0 Å². The molecule has 1 heterocycles. The van der Waals surface area contributed by atoms with Crippen molar-refractivity contribution in [3.05, 3.63) is 24.0 Å². The van der Waals surface area contributed by atoms with Gasteiger partial charge in [-0.2, -0.15) is 0 Å². The van der Waals surface area contributed by atoms with E-state index in [1.807, 2.05) is 18.7 Å². The molecule has 3 N–H and O–H groups in total. The van der Waals surface area contributed by atoms with Gasteiger partial charge >= 0.3 is 6.03 Å². The molecule has 0 atom stereocenters. The molecule has 0 unspecified atom stereocenters. The second-order valence-electron chi connectivity index (χ2n) is 6.81. The lowest BCUT2D eigenvalue weighted by Gasteiger charge is -2.24. The van der Waals surface area contributed by atoms with E-state index >= 15 is 0 Å². The van der Waals surface area contributed by atoms with Crippen molar-refractivity contribution in [2.24, 2.45) is 5.41 Å². The van der Waals surface area contributed by atoms with Crippen molar-refractivity contribution in [2.75, 3.05) is 36.5 Å². The van der Waals surface area contributed by atoms with E-state index in [9.17, 15) is 9.18 Å². The second-order valence-corrected chi connectivity index (χ2v) is 6.81. The predicted octanol–water partition coefficient (Wildman–Crippen LogP) is 2.96. The van der Waals surface area contributed by atoms with Crippen LogP contribution in [0.3, 0.4) is 0 Å². The largest absolute Gasteiger partial charge is 0.396 e. The van der Waals surface area contributed by atoms with Crippen LogP contribution in [0.25, 0.3) is 0 Å². The number of nitrogens with zero attached hydrogens (tertiary/aromatic N) is 1. The van der Waals surface area contributed by atoms with Crippen LogP contribution in [0.2, 0.25) is 0 Å². The Bertz CT molecular complexity index is 543. The lowest BCUT2D eigenvalue weighted by atomic mass is 9.90. The van der Waals surface area contributed by atoms with Gasteiger partial charge in [-0.25, -0.2) is 9.18 Å². The number of amides is 2. The van der Waals surface area contributed by atoms with Gasteiger partial charge in [0, 0.05) is 31.9 Å². The highest BCUT2D eigenvalue weighted by molar-refractivity contribution is 5.89. The van der Waals surface area contributed by atoms with Gasteiger partial charge in [0.25, 0.3) is 0 Å². The minimum atomic E-state index is -0.371. The SMILES string of the molecule is CC(C)(CCO)CNC(=O)Nc1ccc(N2CCCC2)c(F)c1. The number of nitrogens with one attached hydrogen (secondary N) is 2.